The third kappa shape index (κ3) is 3.66. The van der Waals surface area contributed by atoms with Crippen molar-refractivity contribution in [2.45, 2.75) is 70.4 Å². The molecule has 0 heterocycles. The molecule has 6 heteroatoms. The molecule has 0 saturated heterocycles. The minimum atomic E-state index is -4.24. The van der Waals surface area contributed by atoms with Crippen LogP contribution < -0.4 is 0 Å². The molecule has 0 aliphatic heterocycles. The summed E-state index contributed by atoms with van der Waals surface area (Å²) < 4.78 is 40.7. The Kier molecular flexibility index (Phi) is 5.37. The van der Waals surface area contributed by atoms with Crippen LogP contribution in [-0.2, 0) is 17.6 Å². The number of halogens is 4. The highest BCUT2D eigenvalue weighted by molar-refractivity contribution is 9.18. The van der Waals surface area contributed by atoms with Crippen LogP contribution in [0.25, 0.3) is 0 Å². The zero-order chi connectivity index (χ0) is 21.0. The first-order valence-corrected chi connectivity index (χ1v) is 11.2. The fraction of sp³-hybridized carbons (Fsp3) is 0.609. The highest BCUT2D eigenvalue weighted by atomic mass is 79.9. The number of aromatic hydroxyl groups is 1. The van der Waals surface area contributed by atoms with E-state index in [1.807, 2.05) is 13.0 Å². The molecule has 1 saturated carbocycles. The van der Waals surface area contributed by atoms with Crippen LogP contribution in [0.2, 0.25) is 0 Å². The number of aryl methyl sites for hydroxylation is 2. The number of hydrogen-bond donors (Lipinski definition) is 1. The van der Waals surface area contributed by atoms with Gasteiger partial charge in [-0.2, -0.15) is 13.2 Å². The minimum absolute atomic E-state index is 0.0364. The second-order valence-electron chi connectivity index (χ2n) is 9.11. The van der Waals surface area contributed by atoms with Gasteiger partial charge in [0.2, 0.25) is 0 Å². The van der Waals surface area contributed by atoms with Crippen molar-refractivity contribution in [2.75, 3.05) is 0 Å². The number of allylic oxidation sites excluding steroid dienone is 2. The summed E-state index contributed by atoms with van der Waals surface area (Å²) in [4.78, 5) is 11.1. The molecule has 0 bridgehead atoms. The Morgan fingerprint density at radius 3 is 2.76 bits per heavy atom. The monoisotopic (exact) mass is 470 g/mol. The topological polar surface area (TPSA) is 37.3 Å². The summed E-state index contributed by atoms with van der Waals surface area (Å²) in [6, 6.07) is 3.91. The van der Waals surface area contributed by atoms with E-state index in [-0.39, 0.29) is 33.8 Å². The van der Waals surface area contributed by atoms with Crippen molar-refractivity contribution in [1.82, 2.24) is 0 Å². The summed E-state index contributed by atoms with van der Waals surface area (Å²) in [5.74, 6) is 0.815. The van der Waals surface area contributed by atoms with Crippen LogP contribution in [0.4, 0.5) is 13.2 Å². The van der Waals surface area contributed by atoms with E-state index < -0.39 is 11.6 Å². The number of rotatable bonds is 4. The predicted octanol–water partition coefficient (Wildman–Crippen LogP) is 6.59. The van der Waals surface area contributed by atoms with E-state index in [0.29, 0.717) is 32.1 Å². The zero-order valence-electron chi connectivity index (χ0n) is 16.5. The standard InChI is InChI=1S/C23H26BrF3O2/c1-22-10-9-15-16(18(22)7-8-20(22)23(25,26)27)6-5-13-12-19(28)14(11-17(13)15)3-2-4-21(24)29/h8,11-12,15-16,18,28H,2-7,9-10H2,1H3/t15?,16?,18?,22-/m0/s1. The van der Waals surface area contributed by atoms with Gasteiger partial charge in [0, 0.05) is 17.4 Å². The Bertz CT molecular complexity index is 860. The first-order chi connectivity index (χ1) is 13.6. The van der Waals surface area contributed by atoms with Gasteiger partial charge in [-0.15, -0.1) is 0 Å². The molecule has 4 rings (SSSR count). The van der Waals surface area contributed by atoms with Crippen molar-refractivity contribution in [3.05, 3.63) is 40.5 Å². The molecule has 0 amide bonds. The average Bonchev–Trinajstić information content (AvgIpc) is 2.99. The number of carbonyl (C=O) groups is 1. The van der Waals surface area contributed by atoms with Crippen molar-refractivity contribution in [3.63, 3.8) is 0 Å². The normalized spacial score (nSPS) is 30.9. The molecule has 0 aromatic heterocycles. The summed E-state index contributed by atoms with van der Waals surface area (Å²) in [5, 5.41) is 10.4. The summed E-state index contributed by atoms with van der Waals surface area (Å²) in [6.07, 6.45) is 2.40. The van der Waals surface area contributed by atoms with Crippen molar-refractivity contribution in [1.29, 1.82) is 0 Å². The maximum absolute atomic E-state index is 13.6. The number of hydrogen-bond acceptors (Lipinski definition) is 2. The van der Waals surface area contributed by atoms with Crippen LogP contribution in [0.3, 0.4) is 0 Å². The fourth-order valence-electron chi connectivity index (χ4n) is 6.28. The molecule has 29 heavy (non-hydrogen) atoms. The van der Waals surface area contributed by atoms with Gasteiger partial charge in [-0.1, -0.05) is 19.1 Å². The summed E-state index contributed by atoms with van der Waals surface area (Å²) in [5.41, 5.74) is 2.10. The lowest BCUT2D eigenvalue weighted by molar-refractivity contribution is -0.114. The van der Waals surface area contributed by atoms with Crippen LogP contribution in [0.15, 0.2) is 23.8 Å². The molecule has 0 spiro atoms. The molecule has 2 nitrogen and oxygen atoms in total. The van der Waals surface area contributed by atoms with Gasteiger partial charge in [0.15, 0.2) is 4.69 Å². The van der Waals surface area contributed by atoms with Gasteiger partial charge in [0.05, 0.1) is 0 Å². The molecule has 3 aliphatic rings. The Balaban J connectivity index is 1.60. The lowest BCUT2D eigenvalue weighted by Gasteiger charge is -2.50. The first kappa shape index (κ1) is 21.0. The van der Waals surface area contributed by atoms with Gasteiger partial charge >= 0.3 is 6.18 Å². The molecule has 3 aliphatic carbocycles. The number of phenolic OH excluding ortho intramolecular Hbond substituents is 1. The van der Waals surface area contributed by atoms with E-state index in [2.05, 4.69) is 22.0 Å². The van der Waals surface area contributed by atoms with E-state index in [4.69, 9.17) is 0 Å². The van der Waals surface area contributed by atoms with Gasteiger partial charge in [-0.3, -0.25) is 4.79 Å². The van der Waals surface area contributed by atoms with E-state index >= 15 is 0 Å². The number of carbonyl (C=O) groups excluding carboxylic acids is 1. The van der Waals surface area contributed by atoms with Crippen LogP contribution in [0.5, 0.6) is 5.75 Å². The van der Waals surface area contributed by atoms with Gasteiger partial charge < -0.3 is 5.11 Å². The van der Waals surface area contributed by atoms with Crippen LogP contribution >= 0.6 is 15.9 Å². The molecule has 1 fully saturated rings. The van der Waals surface area contributed by atoms with Crippen molar-refractivity contribution >= 4 is 20.6 Å². The Hall–Kier alpha value is -1.30. The highest BCUT2D eigenvalue weighted by Gasteiger charge is 2.57. The van der Waals surface area contributed by atoms with Crippen molar-refractivity contribution < 1.29 is 23.1 Å². The number of fused-ring (bicyclic) bond motifs is 5. The van der Waals surface area contributed by atoms with E-state index in [9.17, 15) is 23.1 Å². The largest absolute Gasteiger partial charge is 0.508 e. The molecular weight excluding hydrogens is 445 g/mol. The summed E-state index contributed by atoms with van der Waals surface area (Å²) in [6.45, 7) is 1.81. The lowest BCUT2D eigenvalue weighted by Crippen LogP contribution is -2.43. The average molecular weight is 471 g/mol. The van der Waals surface area contributed by atoms with E-state index in [0.717, 1.165) is 30.4 Å². The van der Waals surface area contributed by atoms with Crippen molar-refractivity contribution in [2.24, 2.45) is 17.3 Å². The number of benzene rings is 1. The van der Waals surface area contributed by atoms with Gasteiger partial charge in [-0.25, -0.2) is 0 Å². The molecule has 3 unspecified atom stereocenters. The van der Waals surface area contributed by atoms with Crippen molar-refractivity contribution in [3.8, 4) is 5.75 Å². The maximum Gasteiger partial charge on any atom is 0.412 e. The predicted molar refractivity (Wildman–Crippen MR) is 109 cm³/mol. The molecule has 1 N–H and O–H groups in total. The van der Waals surface area contributed by atoms with Crippen LogP contribution in [-0.4, -0.2) is 16.0 Å². The zero-order valence-corrected chi connectivity index (χ0v) is 18.1. The second-order valence-corrected chi connectivity index (χ2v) is 10.00. The number of alkyl halides is 3. The molecule has 1 aromatic rings. The maximum atomic E-state index is 13.6. The molecule has 4 atom stereocenters. The van der Waals surface area contributed by atoms with Crippen LogP contribution in [0, 0.1) is 17.3 Å². The Labute approximate surface area is 177 Å². The molecular formula is C23H26BrF3O2. The Morgan fingerprint density at radius 1 is 1.31 bits per heavy atom. The quantitative estimate of drug-likeness (QED) is 0.397. The molecule has 0 radical (unpaired) electrons. The highest BCUT2D eigenvalue weighted by Crippen LogP contribution is 2.63. The van der Waals surface area contributed by atoms with Crippen LogP contribution in [0.1, 0.15) is 68.1 Å². The number of phenols is 1. The molecule has 158 valence electrons. The van der Waals surface area contributed by atoms with Gasteiger partial charge in [0.25, 0.3) is 0 Å². The third-order valence-electron chi connectivity index (χ3n) is 7.63. The lowest BCUT2D eigenvalue weighted by atomic mass is 9.54. The van der Waals surface area contributed by atoms with Gasteiger partial charge in [0.1, 0.15) is 5.75 Å². The van der Waals surface area contributed by atoms with Gasteiger partial charge in [-0.05, 0) is 101 Å². The van der Waals surface area contributed by atoms with E-state index in [1.54, 1.807) is 0 Å². The Morgan fingerprint density at radius 2 is 2.07 bits per heavy atom. The molecule has 1 aromatic carbocycles. The SMILES string of the molecule is C[C@]12CCC3c4cc(CCCC(=O)Br)c(O)cc4CCC3C1CC=C2C(F)(F)F. The minimum Gasteiger partial charge on any atom is -0.508 e. The summed E-state index contributed by atoms with van der Waals surface area (Å²) >= 11 is 2.94. The fourth-order valence-corrected chi connectivity index (χ4v) is 6.56. The van der Waals surface area contributed by atoms with E-state index in [1.165, 1.54) is 11.6 Å². The first-order valence-electron chi connectivity index (χ1n) is 10.4. The smallest absolute Gasteiger partial charge is 0.412 e. The summed E-state index contributed by atoms with van der Waals surface area (Å²) in [7, 11) is 0. The second kappa shape index (κ2) is 7.44. The third-order valence-corrected chi connectivity index (χ3v) is 8.03.